The Bertz CT molecular complexity index is 1300. The molecule has 166 valence electrons. The van der Waals surface area contributed by atoms with E-state index in [4.69, 9.17) is 10.7 Å². The van der Waals surface area contributed by atoms with Gasteiger partial charge in [-0.2, -0.15) is 19.7 Å². The van der Waals surface area contributed by atoms with Crippen molar-refractivity contribution in [1.29, 1.82) is 0 Å². The fraction of sp³-hybridized carbons (Fsp3) is 0.167. The number of pyridine rings is 2. The average molecular weight is 443 g/mol. The first-order valence-corrected chi connectivity index (χ1v) is 10.5. The molecule has 0 amide bonds. The summed E-state index contributed by atoms with van der Waals surface area (Å²) in [5, 5.41) is 15.1. The van der Waals surface area contributed by atoms with Gasteiger partial charge in [-0.3, -0.25) is 9.97 Å². The van der Waals surface area contributed by atoms with Gasteiger partial charge in [0.2, 0.25) is 0 Å². The molecule has 0 bridgehead atoms. The van der Waals surface area contributed by atoms with Gasteiger partial charge in [-0.15, -0.1) is 0 Å². The highest BCUT2D eigenvalue weighted by Gasteiger charge is 2.44. The number of aromatic nitrogens is 2. The summed E-state index contributed by atoms with van der Waals surface area (Å²) in [6.07, 6.45) is 1.14. The third-order valence-corrected chi connectivity index (χ3v) is 5.51. The monoisotopic (exact) mass is 443 g/mol. The standard InChI is InChI=1S/C24H22FN7O/c1-15-10-18(11-16(2)28-15)21-22(17-6-4-3-5-7-17)29-24(26)31-14-30(32(33)23(21)31)13-20-9-8-19(25)12-27-20/h3-12H,13-14H2,1-2H3,(H2,26,29). The van der Waals surface area contributed by atoms with E-state index in [1.165, 1.54) is 6.07 Å². The fourth-order valence-electron chi connectivity index (χ4n) is 4.12. The van der Waals surface area contributed by atoms with Gasteiger partial charge in [0.1, 0.15) is 17.9 Å². The van der Waals surface area contributed by atoms with Crippen LogP contribution >= 0.6 is 0 Å². The zero-order chi connectivity index (χ0) is 23.1. The molecule has 4 heterocycles. The lowest BCUT2D eigenvalue weighted by Crippen LogP contribution is -2.44. The van der Waals surface area contributed by atoms with Crippen molar-refractivity contribution in [2.24, 2.45) is 10.7 Å². The van der Waals surface area contributed by atoms with Gasteiger partial charge in [-0.1, -0.05) is 30.3 Å². The van der Waals surface area contributed by atoms with Gasteiger partial charge in [0.05, 0.1) is 17.6 Å². The zero-order valence-electron chi connectivity index (χ0n) is 18.2. The van der Waals surface area contributed by atoms with E-state index in [0.717, 1.165) is 33.6 Å². The van der Waals surface area contributed by atoms with Crippen molar-refractivity contribution in [3.8, 4) is 0 Å². The van der Waals surface area contributed by atoms with Crippen LogP contribution in [0.1, 0.15) is 28.2 Å². The normalized spacial score (nSPS) is 15.8. The number of guanidine groups is 1. The van der Waals surface area contributed by atoms with E-state index < -0.39 is 5.82 Å². The van der Waals surface area contributed by atoms with Crippen LogP contribution in [-0.4, -0.2) is 43.2 Å². The van der Waals surface area contributed by atoms with Crippen molar-refractivity contribution < 1.29 is 9.24 Å². The maximum absolute atomic E-state index is 13.6. The smallest absolute Gasteiger partial charge is 0.318 e. The van der Waals surface area contributed by atoms with Crippen LogP contribution in [0.2, 0.25) is 0 Å². The van der Waals surface area contributed by atoms with Crippen molar-refractivity contribution in [2.45, 2.75) is 20.4 Å². The molecule has 0 spiro atoms. The van der Waals surface area contributed by atoms with E-state index in [9.17, 15) is 9.60 Å². The number of rotatable bonds is 4. The Morgan fingerprint density at radius 1 is 1.06 bits per heavy atom. The lowest BCUT2D eigenvalue weighted by atomic mass is 9.96. The van der Waals surface area contributed by atoms with Gasteiger partial charge < -0.3 is 10.9 Å². The van der Waals surface area contributed by atoms with Gasteiger partial charge in [0.25, 0.3) is 5.96 Å². The highest BCUT2D eigenvalue weighted by molar-refractivity contribution is 6.33. The number of aliphatic imine (C=N–C) groups is 1. The SMILES string of the molecule is Cc1cc(C2=C(c3ccccc3)N=C(N)N3CN(Cc4ccc(F)cn4)[N+]([O-])=C23)cc(C)n1. The van der Waals surface area contributed by atoms with Crippen LogP contribution in [0.5, 0.6) is 0 Å². The summed E-state index contributed by atoms with van der Waals surface area (Å²) < 4.78 is 13.3. The predicted octanol–water partition coefficient (Wildman–Crippen LogP) is 3.03. The maximum Gasteiger partial charge on any atom is 0.318 e. The second kappa shape index (κ2) is 8.01. The van der Waals surface area contributed by atoms with E-state index in [1.54, 1.807) is 16.0 Å². The molecule has 0 atom stereocenters. The van der Waals surface area contributed by atoms with Crippen LogP contribution in [0.25, 0.3) is 11.3 Å². The summed E-state index contributed by atoms with van der Waals surface area (Å²) in [6, 6.07) is 16.4. The molecule has 2 N–H and O–H groups in total. The number of fused-ring (bicyclic) bond motifs is 1. The predicted molar refractivity (Wildman–Crippen MR) is 124 cm³/mol. The van der Waals surface area contributed by atoms with Crippen molar-refractivity contribution in [3.05, 3.63) is 100 Å². The molecule has 0 unspecified atom stereocenters. The molecule has 0 radical (unpaired) electrons. The number of hydrazine groups is 1. The highest BCUT2D eigenvalue weighted by atomic mass is 19.1. The van der Waals surface area contributed by atoms with Crippen molar-refractivity contribution >= 4 is 23.1 Å². The molecule has 0 aliphatic carbocycles. The van der Waals surface area contributed by atoms with E-state index in [0.29, 0.717) is 22.8 Å². The third-order valence-electron chi connectivity index (χ3n) is 5.51. The van der Waals surface area contributed by atoms with E-state index in [1.807, 2.05) is 56.3 Å². The number of halogens is 1. The quantitative estimate of drug-likeness (QED) is 0.492. The summed E-state index contributed by atoms with van der Waals surface area (Å²) in [6.45, 7) is 4.22. The second-order valence-electron chi connectivity index (χ2n) is 8.00. The highest BCUT2D eigenvalue weighted by Crippen LogP contribution is 2.35. The molecule has 0 saturated carbocycles. The van der Waals surface area contributed by atoms with Crippen molar-refractivity contribution in [1.82, 2.24) is 19.9 Å². The molecule has 8 nitrogen and oxygen atoms in total. The van der Waals surface area contributed by atoms with Crippen LogP contribution in [-0.2, 0) is 6.54 Å². The lowest BCUT2D eigenvalue weighted by molar-refractivity contribution is -0.630. The zero-order valence-corrected chi connectivity index (χ0v) is 18.2. The number of amidine groups is 1. The van der Waals surface area contributed by atoms with Gasteiger partial charge in [-0.25, -0.2) is 4.39 Å². The molecule has 3 aromatic rings. The number of nitrogens with two attached hydrogens (primary N) is 1. The Labute approximate surface area is 190 Å². The Kier molecular flexibility index (Phi) is 5.01. The van der Waals surface area contributed by atoms with E-state index in [-0.39, 0.29) is 19.2 Å². The van der Waals surface area contributed by atoms with E-state index >= 15 is 0 Å². The first kappa shape index (κ1) is 20.6. The summed E-state index contributed by atoms with van der Waals surface area (Å²) in [5.41, 5.74) is 11.5. The molecule has 1 aromatic carbocycles. The first-order chi connectivity index (χ1) is 15.9. The van der Waals surface area contributed by atoms with Crippen LogP contribution in [0, 0.1) is 24.9 Å². The summed E-state index contributed by atoms with van der Waals surface area (Å²) >= 11 is 0. The minimum atomic E-state index is -0.427. The van der Waals surface area contributed by atoms with E-state index in [2.05, 4.69) is 9.97 Å². The van der Waals surface area contributed by atoms with Gasteiger partial charge in [0.15, 0.2) is 6.67 Å². The van der Waals surface area contributed by atoms with Gasteiger partial charge in [0, 0.05) is 17.0 Å². The maximum atomic E-state index is 13.6. The fourth-order valence-corrected chi connectivity index (χ4v) is 4.12. The molecule has 0 fully saturated rings. The number of hydrogen-bond donors (Lipinski definition) is 1. The molecule has 5 rings (SSSR count). The van der Waals surface area contributed by atoms with Crippen molar-refractivity contribution in [3.63, 3.8) is 0 Å². The van der Waals surface area contributed by atoms with Crippen molar-refractivity contribution in [2.75, 3.05) is 6.67 Å². The summed E-state index contributed by atoms with van der Waals surface area (Å²) in [4.78, 5) is 15.8. The number of benzene rings is 1. The van der Waals surface area contributed by atoms with Crippen LogP contribution in [0.3, 0.4) is 0 Å². The molecule has 2 aromatic heterocycles. The molecule has 2 aliphatic heterocycles. The third kappa shape index (κ3) is 3.78. The molecular weight excluding hydrogens is 421 g/mol. The van der Waals surface area contributed by atoms with Crippen LogP contribution < -0.4 is 5.73 Å². The topological polar surface area (TPSA) is 96.7 Å². The molecule has 0 saturated heterocycles. The van der Waals surface area contributed by atoms with Gasteiger partial charge in [-0.05, 0) is 43.7 Å². The minimum absolute atomic E-state index is 0.194. The van der Waals surface area contributed by atoms with Gasteiger partial charge >= 0.3 is 5.84 Å². The number of hydrogen-bond acceptors (Lipinski definition) is 7. The largest absolute Gasteiger partial charge is 0.692 e. The Morgan fingerprint density at radius 3 is 2.45 bits per heavy atom. The Morgan fingerprint density at radius 2 is 1.79 bits per heavy atom. The molecule has 2 aliphatic rings. The summed E-state index contributed by atoms with van der Waals surface area (Å²) in [5.74, 6) is 0.183. The molecular formula is C24H22FN7O. The number of nitrogens with zero attached hydrogens (tertiary/aromatic N) is 6. The average Bonchev–Trinajstić information content (AvgIpc) is 3.12. The summed E-state index contributed by atoms with van der Waals surface area (Å²) in [7, 11) is 0. The second-order valence-corrected chi connectivity index (χ2v) is 8.00. The van der Waals surface area contributed by atoms with Crippen LogP contribution in [0.15, 0.2) is 65.8 Å². The Hall–Kier alpha value is -4.27. The number of aryl methyl sites for hydroxylation is 2. The first-order valence-electron chi connectivity index (χ1n) is 10.5. The molecule has 9 heteroatoms. The molecule has 33 heavy (non-hydrogen) atoms. The lowest BCUT2D eigenvalue weighted by Gasteiger charge is -2.21. The number of hydrazone groups is 1. The minimum Gasteiger partial charge on any atom is -0.692 e. The van der Waals surface area contributed by atoms with Crippen LogP contribution in [0.4, 0.5) is 4.39 Å². The Balaban J connectivity index is 1.69.